The van der Waals surface area contributed by atoms with Crippen LogP contribution in [0, 0.1) is 21.4 Å². The minimum atomic E-state index is -3.48. The molecular weight excluding hydrogens is 356 g/mol. The Morgan fingerprint density at radius 2 is 1.73 bits per heavy atom. The van der Waals surface area contributed by atoms with Gasteiger partial charge in [-0.25, -0.2) is 12.7 Å². The fraction of sp³-hybridized carbons (Fsp3) is 0.235. The van der Waals surface area contributed by atoms with Crippen LogP contribution < -0.4 is 4.90 Å². The average Bonchev–Trinajstić information content (AvgIpc) is 2.61. The number of sulfonamides is 1. The van der Waals surface area contributed by atoms with Crippen molar-refractivity contribution in [3.05, 3.63) is 63.7 Å². The molecule has 0 unspecified atom stereocenters. The third-order valence-corrected chi connectivity index (χ3v) is 5.69. The fourth-order valence-corrected chi connectivity index (χ4v) is 3.25. The van der Waals surface area contributed by atoms with Crippen LogP contribution in [0.5, 0.6) is 0 Å². The maximum atomic E-state index is 12.1. The summed E-state index contributed by atoms with van der Waals surface area (Å²) in [5, 5.41) is 20.0. The van der Waals surface area contributed by atoms with Gasteiger partial charge in [-0.05, 0) is 29.8 Å². The molecule has 9 heteroatoms. The van der Waals surface area contributed by atoms with Crippen molar-refractivity contribution in [2.75, 3.05) is 26.0 Å². The van der Waals surface area contributed by atoms with Gasteiger partial charge in [-0.1, -0.05) is 12.1 Å². The maximum Gasteiger partial charge on any atom is 0.287 e. The summed E-state index contributed by atoms with van der Waals surface area (Å²) in [6.45, 7) is 0.449. The maximum absolute atomic E-state index is 12.1. The molecule has 0 saturated heterocycles. The summed E-state index contributed by atoms with van der Waals surface area (Å²) in [5.74, 6) is 0. The van der Waals surface area contributed by atoms with E-state index >= 15 is 0 Å². The molecular formula is C17H18N4O4S. The van der Waals surface area contributed by atoms with Gasteiger partial charge in [0.15, 0.2) is 0 Å². The fourth-order valence-electron chi connectivity index (χ4n) is 2.35. The number of nitrogens with zero attached hydrogens (tertiary/aromatic N) is 4. The molecule has 0 saturated carbocycles. The summed E-state index contributed by atoms with van der Waals surface area (Å²) < 4.78 is 25.3. The van der Waals surface area contributed by atoms with E-state index in [0.717, 1.165) is 9.87 Å². The van der Waals surface area contributed by atoms with Crippen LogP contribution >= 0.6 is 0 Å². The van der Waals surface area contributed by atoms with E-state index in [9.17, 15) is 18.5 Å². The van der Waals surface area contributed by atoms with Gasteiger partial charge in [-0.2, -0.15) is 5.26 Å². The zero-order valence-corrected chi connectivity index (χ0v) is 15.4. The predicted molar refractivity (Wildman–Crippen MR) is 97.2 cm³/mol. The summed E-state index contributed by atoms with van der Waals surface area (Å²) in [4.78, 5) is 12.3. The summed E-state index contributed by atoms with van der Waals surface area (Å²) in [5.41, 5.74) is 1.27. The molecule has 2 aromatic carbocycles. The summed E-state index contributed by atoms with van der Waals surface area (Å²) in [6.07, 6.45) is 0. The van der Waals surface area contributed by atoms with Crippen LogP contribution in [0.1, 0.15) is 11.1 Å². The SMILES string of the molecule is CN(Cc1ccc(S(=O)(=O)N(C)C)cc1)c1ccc([N+](=O)[O-])c(C#N)c1. The molecule has 0 atom stereocenters. The van der Waals surface area contributed by atoms with Crippen molar-refractivity contribution in [1.82, 2.24) is 4.31 Å². The van der Waals surface area contributed by atoms with Crippen molar-refractivity contribution >= 4 is 21.4 Å². The van der Waals surface area contributed by atoms with Crippen LogP contribution in [-0.2, 0) is 16.6 Å². The predicted octanol–water partition coefficient (Wildman–Crippen LogP) is 2.35. The van der Waals surface area contributed by atoms with E-state index in [4.69, 9.17) is 5.26 Å². The lowest BCUT2D eigenvalue weighted by Gasteiger charge is -2.20. The third kappa shape index (κ3) is 3.99. The number of hydrogen-bond donors (Lipinski definition) is 0. The second-order valence-corrected chi connectivity index (χ2v) is 8.01. The molecule has 2 aromatic rings. The molecule has 0 heterocycles. The monoisotopic (exact) mass is 374 g/mol. The molecule has 2 rings (SSSR count). The molecule has 8 nitrogen and oxygen atoms in total. The number of nitriles is 1. The molecule has 0 aromatic heterocycles. The first-order valence-corrected chi connectivity index (χ1v) is 9.02. The highest BCUT2D eigenvalue weighted by Crippen LogP contribution is 2.25. The molecule has 0 aliphatic rings. The second kappa shape index (κ2) is 7.51. The number of nitro groups is 1. The van der Waals surface area contributed by atoms with Crippen molar-refractivity contribution in [3.8, 4) is 6.07 Å². The molecule has 0 N–H and O–H groups in total. The smallest absolute Gasteiger partial charge is 0.287 e. The second-order valence-electron chi connectivity index (χ2n) is 5.86. The standard InChI is InChI=1S/C17H18N4O4S/c1-19(2)26(24,25)16-7-4-13(5-8-16)12-20(3)15-6-9-17(21(22)23)14(10-15)11-18/h4-10H,12H2,1-3H3. The van der Waals surface area contributed by atoms with Gasteiger partial charge in [0, 0.05) is 39.4 Å². The van der Waals surface area contributed by atoms with E-state index < -0.39 is 14.9 Å². The summed E-state index contributed by atoms with van der Waals surface area (Å²) >= 11 is 0. The van der Waals surface area contributed by atoms with E-state index in [2.05, 4.69) is 0 Å². The lowest BCUT2D eigenvalue weighted by Crippen LogP contribution is -2.22. The van der Waals surface area contributed by atoms with Crippen LogP contribution in [-0.4, -0.2) is 38.8 Å². The number of nitro benzene ring substituents is 1. The van der Waals surface area contributed by atoms with E-state index in [0.29, 0.717) is 12.2 Å². The molecule has 0 radical (unpaired) electrons. The Morgan fingerprint density at radius 1 is 1.12 bits per heavy atom. The van der Waals surface area contributed by atoms with Gasteiger partial charge in [-0.15, -0.1) is 0 Å². The van der Waals surface area contributed by atoms with Crippen LogP contribution in [0.15, 0.2) is 47.4 Å². The first-order valence-electron chi connectivity index (χ1n) is 7.58. The quantitative estimate of drug-likeness (QED) is 0.567. The van der Waals surface area contributed by atoms with E-state index in [-0.39, 0.29) is 16.1 Å². The minimum Gasteiger partial charge on any atom is -0.370 e. The van der Waals surface area contributed by atoms with Crippen LogP contribution in [0.3, 0.4) is 0 Å². The van der Waals surface area contributed by atoms with Crippen molar-refractivity contribution in [2.45, 2.75) is 11.4 Å². The lowest BCUT2D eigenvalue weighted by molar-refractivity contribution is -0.385. The highest BCUT2D eigenvalue weighted by molar-refractivity contribution is 7.89. The Balaban J connectivity index is 2.22. The van der Waals surface area contributed by atoms with Gasteiger partial charge in [0.25, 0.3) is 5.69 Å². The van der Waals surface area contributed by atoms with Crippen LogP contribution in [0.4, 0.5) is 11.4 Å². The van der Waals surface area contributed by atoms with Gasteiger partial charge < -0.3 is 4.90 Å². The van der Waals surface area contributed by atoms with Gasteiger partial charge in [0.2, 0.25) is 10.0 Å². The average molecular weight is 374 g/mol. The lowest BCUT2D eigenvalue weighted by atomic mass is 10.1. The number of hydrogen-bond acceptors (Lipinski definition) is 6. The van der Waals surface area contributed by atoms with Gasteiger partial charge in [0.05, 0.1) is 9.82 Å². The van der Waals surface area contributed by atoms with E-state index in [1.54, 1.807) is 25.2 Å². The molecule has 26 heavy (non-hydrogen) atoms. The van der Waals surface area contributed by atoms with E-state index in [1.807, 2.05) is 11.0 Å². The first-order chi connectivity index (χ1) is 12.2. The minimum absolute atomic E-state index is 0.00762. The Labute approximate surface area is 152 Å². The Morgan fingerprint density at radius 3 is 2.23 bits per heavy atom. The van der Waals surface area contributed by atoms with Crippen molar-refractivity contribution < 1.29 is 13.3 Å². The van der Waals surface area contributed by atoms with Crippen molar-refractivity contribution in [3.63, 3.8) is 0 Å². The number of rotatable bonds is 6. The normalized spacial score (nSPS) is 11.2. The molecule has 0 aliphatic carbocycles. The Kier molecular flexibility index (Phi) is 5.59. The van der Waals surface area contributed by atoms with Crippen LogP contribution in [0.2, 0.25) is 0 Å². The first kappa shape index (κ1) is 19.4. The zero-order valence-electron chi connectivity index (χ0n) is 14.6. The van der Waals surface area contributed by atoms with Gasteiger partial charge in [0.1, 0.15) is 11.6 Å². The molecule has 0 amide bonds. The Hall–Kier alpha value is -2.96. The number of anilines is 1. The van der Waals surface area contributed by atoms with Crippen molar-refractivity contribution in [2.24, 2.45) is 0 Å². The molecule has 0 fully saturated rings. The highest BCUT2D eigenvalue weighted by atomic mass is 32.2. The Bertz CT molecular complexity index is 963. The molecule has 136 valence electrons. The zero-order chi connectivity index (χ0) is 19.5. The van der Waals surface area contributed by atoms with Crippen molar-refractivity contribution in [1.29, 1.82) is 5.26 Å². The van der Waals surface area contributed by atoms with Gasteiger partial charge in [-0.3, -0.25) is 10.1 Å². The summed E-state index contributed by atoms with van der Waals surface area (Å²) in [7, 11) is 1.25. The molecule has 0 spiro atoms. The topological polar surface area (TPSA) is 108 Å². The molecule has 0 aliphatic heterocycles. The highest BCUT2D eigenvalue weighted by Gasteiger charge is 2.17. The van der Waals surface area contributed by atoms with Gasteiger partial charge >= 0.3 is 0 Å². The third-order valence-electron chi connectivity index (χ3n) is 3.86. The van der Waals surface area contributed by atoms with Crippen LogP contribution in [0.25, 0.3) is 0 Å². The molecule has 0 bridgehead atoms. The largest absolute Gasteiger partial charge is 0.370 e. The van der Waals surface area contributed by atoms with E-state index in [1.165, 1.54) is 38.4 Å². The number of benzene rings is 2. The summed E-state index contributed by atoms with van der Waals surface area (Å²) in [6, 6.07) is 12.7.